The van der Waals surface area contributed by atoms with E-state index in [0.717, 1.165) is 6.54 Å². The Bertz CT molecular complexity index is 238. The second-order valence-electron chi connectivity index (χ2n) is 4.71. The van der Waals surface area contributed by atoms with Gasteiger partial charge in [-0.2, -0.15) is 0 Å². The summed E-state index contributed by atoms with van der Waals surface area (Å²) in [7, 11) is 0. The minimum atomic E-state index is 0.204. The van der Waals surface area contributed by atoms with Crippen molar-refractivity contribution in [1.82, 2.24) is 15.1 Å². The van der Waals surface area contributed by atoms with Gasteiger partial charge >= 0.3 is 0 Å². The molecule has 4 heteroatoms. The fraction of sp³-hybridized carbons (Fsp3) is 0.909. The molecule has 2 unspecified atom stereocenters. The van der Waals surface area contributed by atoms with Crippen molar-refractivity contribution in [2.45, 2.75) is 38.9 Å². The molecule has 2 heterocycles. The number of carbonyl (C=O) groups excluding carboxylic acids is 1. The molecule has 2 rings (SSSR count). The van der Waals surface area contributed by atoms with Gasteiger partial charge in [-0.25, -0.2) is 0 Å². The van der Waals surface area contributed by atoms with Crippen molar-refractivity contribution in [3.05, 3.63) is 0 Å². The lowest BCUT2D eigenvalue weighted by Gasteiger charge is -2.31. The Labute approximate surface area is 91.6 Å². The Kier molecular flexibility index (Phi) is 3.26. The smallest absolute Gasteiger partial charge is 0.238 e. The summed E-state index contributed by atoms with van der Waals surface area (Å²) < 4.78 is 0. The molecule has 0 radical (unpaired) electrons. The summed E-state index contributed by atoms with van der Waals surface area (Å²) in [5.74, 6) is 0.245. The highest BCUT2D eigenvalue weighted by molar-refractivity contribution is 5.80. The van der Waals surface area contributed by atoms with Crippen LogP contribution in [0, 0.1) is 0 Å². The van der Waals surface area contributed by atoms with E-state index in [-0.39, 0.29) is 12.1 Å². The molecule has 2 aliphatic heterocycles. The predicted octanol–water partition coefficient (Wildman–Crippen LogP) is 0.249. The molecule has 0 saturated carbocycles. The number of rotatable bonds is 3. The Balaban J connectivity index is 1.88. The molecule has 2 saturated heterocycles. The summed E-state index contributed by atoms with van der Waals surface area (Å²) in [6, 6.07) is 0.334. The average molecular weight is 211 g/mol. The Hall–Kier alpha value is -0.610. The van der Waals surface area contributed by atoms with E-state index in [1.54, 1.807) is 0 Å². The molecule has 2 fully saturated rings. The normalized spacial score (nSPS) is 30.1. The lowest BCUT2D eigenvalue weighted by Crippen LogP contribution is -2.46. The van der Waals surface area contributed by atoms with Crippen molar-refractivity contribution in [3.8, 4) is 0 Å². The molecule has 0 aromatic rings. The monoisotopic (exact) mass is 211 g/mol. The van der Waals surface area contributed by atoms with Crippen LogP contribution in [0.25, 0.3) is 0 Å². The first-order valence-electron chi connectivity index (χ1n) is 5.95. The third-order valence-corrected chi connectivity index (χ3v) is 3.45. The average Bonchev–Trinajstić information content (AvgIpc) is 2.77. The van der Waals surface area contributed by atoms with Crippen LogP contribution in [0.5, 0.6) is 0 Å². The van der Waals surface area contributed by atoms with E-state index in [1.165, 1.54) is 25.9 Å². The summed E-state index contributed by atoms with van der Waals surface area (Å²) >= 11 is 0. The quantitative estimate of drug-likeness (QED) is 0.727. The highest BCUT2D eigenvalue weighted by Gasteiger charge is 2.31. The molecule has 0 aromatic carbocycles. The molecular weight excluding hydrogens is 190 g/mol. The highest BCUT2D eigenvalue weighted by atomic mass is 16.2. The van der Waals surface area contributed by atoms with Gasteiger partial charge in [-0.15, -0.1) is 0 Å². The van der Waals surface area contributed by atoms with Gasteiger partial charge in [-0.1, -0.05) is 0 Å². The third kappa shape index (κ3) is 2.32. The van der Waals surface area contributed by atoms with Gasteiger partial charge in [-0.3, -0.25) is 10.1 Å². The Morgan fingerprint density at radius 2 is 2.13 bits per heavy atom. The maximum Gasteiger partial charge on any atom is 0.238 e. The van der Waals surface area contributed by atoms with E-state index in [2.05, 4.69) is 24.1 Å². The van der Waals surface area contributed by atoms with E-state index in [9.17, 15) is 4.79 Å². The zero-order chi connectivity index (χ0) is 10.8. The number of hydrogen-bond donors (Lipinski definition) is 1. The van der Waals surface area contributed by atoms with Gasteiger partial charge in [0.15, 0.2) is 0 Å². The van der Waals surface area contributed by atoms with Gasteiger partial charge in [0.25, 0.3) is 0 Å². The summed E-state index contributed by atoms with van der Waals surface area (Å²) in [5.41, 5.74) is 0. The summed E-state index contributed by atoms with van der Waals surface area (Å²) in [6.45, 7) is 8.15. The molecular formula is C11H21N3O. The number of carbonyl (C=O) groups is 1. The van der Waals surface area contributed by atoms with Crippen molar-refractivity contribution in [1.29, 1.82) is 0 Å². The van der Waals surface area contributed by atoms with Gasteiger partial charge in [0.05, 0.1) is 12.7 Å². The molecule has 1 amide bonds. The van der Waals surface area contributed by atoms with Gasteiger partial charge in [-0.05, 0) is 39.8 Å². The Morgan fingerprint density at radius 3 is 2.67 bits per heavy atom. The molecule has 0 aromatic heterocycles. The van der Waals surface area contributed by atoms with Gasteiger partial charge < -0.3 is 9.80 Å². The number of nitrogens with one attached hydrogen (secondary N) is 1. The zero-order valence-electron chi connectivity index (χ0n) is 9.70. The molecule has 0 aliphatic carbocycles. The van der Waals surface area contributed by atoms with E-state index < -0.39 is 0 Å². The third-order valence-electron chi connectivity index (χ3n) is 3.45. The number of hydrogen-bond acceptors (Lipinski definition) is 3. The summed E-state index contributed by atoms with van der Waals surface area (Å²) in [4.78, 5) is 16.1. The number of amides is 1. The fourth-order valence-corrected chi connectivity index (χ4v) is 2.70. The van der Waals surface area contributed by atoms with Crippen LogP contribution in [-0.4, -0.2) is 54.1 Å². The van der Waals surface area contributed by atoms with Gasteiger partial charge in [0.2, 0.25) is 5.91 Å². The number of likely N-dealkylation sites (tertiary alicyclic amines) is 1. The van der Waals surface area contributed by atoms with Crippen LogP contribution in [0.3, 0.4) is 0 Å². The summed E-state index contributed by atoms with van der Waals surface area (Å²) in [5, 5.41) is 3.18. The molecule has 2 atom stereocenters. The lowest BCUT2D eigenvalue weighted by atomic mass is 10.2. The molecule has 0 spiro atoms. The van der Waals surface area contributed by atoms with Crippen LogP contribution in [0.15, 0.2) is 0 Å². The second kappa shape index (κ2) is 4.49. The topological polar surface area (TPSA) is 35.6 Å². The minimum Gasteiger partial charge on any atom is -0.322 e. The van der Waals surface area contributed by atoms with E-state index in [0.29, 0.717) is 12.6 Å². The van der Waals surface area contributed by atoms with Crippen LogP contribution < -0.4 is 5.32 Å². The maximum absolute atomic E-state index is 11.6. The van der Waals surface area contributed by atoms with Crippen LogP contribution in [0.2, 0.25) is 0 Å². The first-order chi connectivity index (χ1) is 7.18. The molecule has 2 aliphatic rings. The number of nitrogens with zero attached hydrogens (tertiary/aromatic N) is 2. The largest absolute Gasteiger partial charge is 0.322 e. The van der Waals surface area contributed by atoms with Crippen molar-refractivity contribution in [2.75, 3.05) is 26.2 Å². The first-order valence-corrected chi connectivity index (χ1v) is 5.95. The van der Waals surface area contributed by atoms with E-state index >= 15 is 0 Å². The molecule has 86 valence electrons. The molecule has 4 nitrogen and oxygen atoms in total. The van der Waals surface area contributed by atoms with E-state index in [4.69, 9.17) is 0 Å². The highest BCUT2D eigenvalue weighted by Crippen LogP contribution is 2.14. The van der Waals surface area contributed by atoms with Crippen molar-refractivity contribution >= 4 is 5.91 Å². The predicted molar refractivity (Wildman–Crippen MR) is 59.4 cm³/mol. The van der Waals surface area contributed by atoms with Crippen LogP contribution in [-0.2, 0) is 4.79 Å². The Morgan fingerprint density at radius 1 is 1.47 bits per heavy atom. The summed E-state index contributed by atoms with van der Waals surface area (Å²) in [6.07, 6.45) is 2.83. The minimum absolute atomic E-state index is 0.204. The van der Waals surface area contributed by atoms with Crippen molar-refractivity contribution < 1.29 is 4.79 Å². The maximum atomic E-state index is 11.6. The molecule has 15 heavy (non-hydrogen) atoms. The van der Waals surface area contributed by atoms with Crippen LogP contribution in [0.1, 0.15) is 26.7 Å². The fourth-order valence-electron chi connectivity index (χ4n) is 2.70. The second-order valence-corrected chi connectivity index (χ2v) is 4.71. The van der Waals surface area contributed by atoms with E-state index in [1.807, 2.05) is 4.90 Å². The first kappa shape index (κ1) is 10.9. The lowest BCUT2D eigenvalue weighted by molar-refractivity contribution is -0.130. The zero-order valence-corrected chi connectivity index (χ0v) is 9.70. The molecule has 1 N–H and O–H groups in total. The van der Waals surface area contributed by atoms with Crippen LogP contribution >= 0.6 is 0 Å². The van der Waals surface area contributed by atoms with Crippen molar-refractivity contribution in [2.24, 2.45) is 0 Å². The van der Waals surface area contributed by atoms with Gasteiger partial charge in [0, 0.05) is 12.6 Å². The molecule has 0 bridgehead atoms. The van der Waals surface area contributed by atoms with Crippen LogP contribution in [0.4, 0.5) is 0 Å². The van der Waals surface area contributed by atoms with Gasteiger partial charge in [0.1, 0.15) is 0 Å². The SMILES string of the molecule is CC(CN1CCCC1)N1C(=O)CNC1C. The standard InChI is InChI=1S/C11H21N3O/c1-9(8-13-5-3-4-6-13)14-10(2)12-7-11(14)15/h9-10,12H,3-8H2,1-2H3. The van der Waals surface area contributed by atoms with Crippen molar-refractivity contribution in [3.63, 3.8) is 0 Å².